The van der Waals surface area contributed by atoms with Crippen LogP contribution in [0.25, 0.3) is 0 Å². The zero-order valence-electron chi connectivity index (χ0n) is 10.1. The molecule has 0 amide bonds. The molecule has 0 aliphatic rings. The maximum absolute atomic E-state index is 12.8. The largest absolute Gasteiger partial charge is 0.494 e. The highest BCUT2D eigenvalue weighted by molar-refractivity contribution is 5.97. The van der Waals surface area contributed by atoms with Crippen molar-refractivity contribution in [3.05, 3.63) is 28.8 Å². The third-order valence-corrected chi connectivity index (χ3v) is 2.35. The van der Waals surface area contributed by atoms with E-state index in [-0.39, 0.29) is 12.4 Å². The fourth-order valence-corrected chi connectivity index (χ4v) is 1.68. The van der Waals surface area contributed by atoms with Crippen LogP contribution >= 0.6 is 0 Å². The van der Waals surface area contributed by atoms with Crippen LogP contribution < -0.4 is 4.74 Å². The van der Waals surface area contributed by atoms with Gasteiger partial charge in [-0.3, -0.25) is 4.79 Å². The minimum atomic E-state index is -4.91. The van der Waals surface area contributed by atoms with E-state index in [4.69, 9.17) is 4.74 Å². The minimum Gasteiger partial charge on any atom is -0.494 e. The van der Waals surface area contributed by atoms with E-state index < -0.39 is 35.1 Å². The molecule has 0 aliphatic carbocycles. The van der Waals surface area contributed by atoms with Gasteiger partial charge in [0.2, 0.25) is 0 Å². The van der Waals surface area contributed by atoms with E-state index >= 15 is 0 Å². The minimum absolute atomic E-state index is 0.0272. The summed E-state index contributed by atoms with van der Waals surface area (Å²) in [7, 11) is 0. The van der Waals surface area contributed by atoms with Gasteiger partial charge in [0.15, 0.2) is 5.78 Å². The second-order valence-electron chi connectivity index (χ2n) is 3.72. The van der Waals surface area contributed by atoms with Crippen molar-refractivity contribution in [1.29, 1.82) is 0 Å². The van der Waals surface area contributed by atoms with E-state index in [2.05, 4.69) is 0 Å². The zero-order valence-corrected chi connectivity index (χ0v) is 10.1. The normalized spacial score (nSPS) is 11.8. The van der Waals surface area contributed by atoms with Crippen LogP contribution in [-0.4, -0.2) is 12.4 Å². The van der Waals surface area contributed by atoms with Crippen LogP contribution in [0.2, 0.25) is 0 Å². The summed E-state index contributed by atoms with van der Waals surface area (Å²) in [6, 6.07) is 1.33. The molecule has 0 atom stereocenters. The monoisotopic (exact) mass is 282 g/mol. The first-order valence-corrected chi connectivity index (χ1v) is 5.35. The predicted molar refractivity (Wildman–Crippen MR) is 57.6 cm³/mol. The molecule has 0 N–H and O–H groups in total. The van der Waals surface area contributed by atoms with Gasteiger partial charge in [-0.05, 0) is 26.0 Å². The lowest BCUT2D eigenvalue weighted by Crippen LogP contribution is -2.15. The first-order chi connectivity index (χ1) is 8.68. The number of alkyl halides is 5. The van der Waals surface area contributed by atoms with Crippen molar-refractivity contribution in [2.75, 3.05) is 6.61 Å². The third kappa shape index (κ3) is 3.42. The van der Waals surface area contributed by atoms with Crippen LogP contribution in [0.5, 0.6) is 5.75 Å². The molecule has 19 heavy (non-hydrogen) atoms. The maximum atomic E-state index is 12.8. The SMILES string of the molecule is CCOc1cc(C(F)F)c(C(C)=O)c(C(F)(F)F)c1. The number of carbonyl (C=O) groups excluding carboxylic acids is 1. The quantitative estimate of drug-likeness (QED) is 0.609. The molecule has 0 bridgehead atoms. The molecule has 0 saturated heterocycles. The van der Waals surface area contributed by atoms with Crippen molar-refractivity contribution in [2.24, 2.45) is 0 Å². The Kier molecular flexibility index (Phi) is 4.49. The highest BCUT2D eigenvalue weighted by Gasteiger charge is 2.37. The number of ketones is 1. The number of carbonyl (C=O) groups is 1. The van der Waals surface area contributed by atoms with Crippen molar-refractivity contribution in [3.8, 4) is 5.75 Å². The van der Waals surface area contributed by atoms with Gasteiger partial charge in [0.1, 0.15) is 5.75 Å². The van der Waals surface area contributed by atoms with Gasteiger partial charge < -0.3 is 4.74 Å². The van der Waals surface area contributed by atoms with Crippen LogP contribution in [0.1, 0.15) is 41.8 Å². The van der Waals surface area contributed by atoms with E-state index in [9.17, 15) is 26.7 Å². The molecule has 0 aliphatic heterocycles. The van der Waals surface area contributed by atoms with Gasteiger partial charge in [-0.2, -0.15) is 13.2 Å². The summed E-state index contributed by atoms with van der Waals surface area (Å²) in [4.78, 5) is 11.2. The summed E-state index contributed by atoms with van der Waals surface area (Å²) in [6.45, 7) is 2.35. The number of rotatable bonds is 4. The molecule has 2 nitrogen and oxygen atoms in total. The van der Waals surface area contributed by atoms with Crippen LogP contribution in [0.3, 0.4) is 0 Å². The first-order valence-electron chi connectivity index (χ1n) is 5.35. The summed E-state index contributed by atoms with van der Waals surface area (Å²) in [5.74, 6) is -1.40. The summed E-state index contributed by atoms with van der Waals surface area (Å²) in [6.07, 6.45) is -8.10. The van der Waals surface area contributed by atoms with Gasteiger partial charge >= 0.3 is 6.18 Å². The molecule has 0 fully saturated rings. The maximum Gasteiger partial charge on any atom is 0.417 e. The van der Waals surface area contributed by atoms with Gasteiger partial charge in [0, 0.05) is 11.1 Å². The average molecular weight is 282 g/mol. The Morgan fingerprint density at radius 2 is 1.89 bits per heavy atom. The van der Waals surface area contributed by atoms with Crippen molar-refractivity contribution < 1.29 is 31.5 Å². The van der Waals surface area contributed by atoms with E-state index in [0.717, 1.165) is 13.0 Å². The van der Waals surface area contributed by atoms with Crippen LogP contribution in [-0.2, 0) is 6.18 Å². The number of hydrogen-bond acceptors (Lipinski definition) is 2. The summed E-state index contributed by atoms with van der Waals surface area (Å²) in [5.41, 5.74) is -3.38. The van der Waals surface area contributed by atoms with E-state index in [1.807, 2.05) is 0 Å². The Morgan fingerprint density at radius 3 is 2.26 bits per heavy atom. The molecule has 0 radical (unpaired) electrons. The Bertz CT molecular complexity index is 480. The molecule has 0 saturated carbocycles. The molecular formula is C12H11F5O2. The number of ether oxygens (including phenoxy) is 1. The van der Waals surface area contributed by atoms with Crippen molar-refractivity contribution in [1.82, 2.24) is 0 Å². The van der Waals surface area contributed by atoms with Gasteiger partial charge in [-0.1, -0.05) is 0 Å². The highest BCUT2D eigenvalue weighted by atomic mass is 19.4. The van der Waals surface area contributed by atoms with E-state index in [1.165, 1.54) is 6.92 Å². The van der Waals surface area contributed by atoms with E-state index in [1.54, 1.807) is 0 Å². The van der Waals surface area contributed by atoms with Gasteiger partial charge in [-0.15, -0.1) is 0 Å². The molecule has 1 rings (SSSR count). The average Bonchev–Trinajstić information content (AvgIpc) is 2.26. The van der Waals surface area contributed by atoms with Crippen LogP contribution in [0.4, 0.5) is 22.0 Å². The first kappa shape index (κ1) is 15.4. The Labute approximate surface area is 106 Å². The Hall–Kier alpha value is -1.66. The molecule has 7 heteroatoms. The molecule has 1 aromatic rings. The smallest absolute Gasteiger partial charge is 0.417 e. The molecule has 0 aromatic heterocycles. The second-order valence-corrected chi connectivity index (χ2v) is 3.72. The van der Waals surface area contributed by atoms with Crippen molar-refractivity contribution >= 4 is 5.78 Å². The van der Waals surface area contributed by atoms with Gasteiger partial charge in [0.25, 0.3) is 6.43 Å². The lowest BCUT2D eigenvalue weighted by molar-refractivity contribution is -0.138. The number of halogens is 5. The van der Waals surface area contributed by atoms with Crippen molar-refractivity contribution in [2.45, 2.75) is 26.4 Å². The van der Waals surface area contributed by atoms with Gasteiger partial charge in [0.05, 0.1) is 12.2 Å². The topological polar surface area (TPSA) is 26.3 Å². The predicted octanol–water partition coefficient (Wildman–Crippen LogP) is 4.24. The Morgan fingerprint density at radius 1 is 1.32 bits per heavy atom. The summed E-state index contributed by atoms with van der Waals surface area (Å²) in [5, 5.41) is 0. The van der Waals surface area contributed by atoms with Crippen LogP contribution in [0.15, 0.2) is 12.1 Å². The summed E-state index contributed by atoms with van der Waals surface area (Å²) >= 11 is 0. The van der Waals surface area contributed by atoms with Crippen LogP contribution in [0, 0.1) is 0 Å². The third-order valence-electron chi connectivity index (χ3n) is 2.35. The highest BCUT2D eigenvalue weighted by Crippen LogP contribution is 2.39. The van der Waals surface area contributed by atoms with E-state index in [0.29, 0.717) is 6.07 Å². The molecule has 106 valence electrons. The molecule has 0 heterocycles. The zero-order chi connectivity index (χ0) is 14.8. The molecule has 0 spiro atoms. The molecule has 1 aromatic carbocycles. The second kappa shape index (κ2) is 5.54. The lowest BCUT2D eigenvalue weighted by Gasteiger charge is -2.17. The standard InChI is InChI=1S/C12H11F5O2/c1-3-19-7-4-8(11(13)14)10(6(2)18)9(5-7)12(15,16)17/h4-5,11H,3H2,1-2H3. The van der Waals surface area contributed by atoms with Gasteiger partial charge in [-0.25, -0.2) is 8.78 Å². The molecular weight excluding hydrogens is 271 g/mol. The Balaban J connectivity index is 3.61. The van der Waals surface area contributed by atoms with Crippen molar-refractivity contribution in [3.63, 3.8) is 0 Å². The summed E-state index contributed by atoms with van der Waals surface area (Å²) < 4.78 is 68.9. The number of Topliss-reactive ketones (excluding diaryl/α,β-unsaturated/α-hetero) is 1. The fourth-order valence-electron chi connectivity index (χ4n) is 1.68. The fraction of sp³-hybridized carbons (Fsp3) is 0.417. The molecule has 0 unspecified atom stereocenters. The number of hydrogen-bond donors (Lipinski definition) is 0. The number of benzene rings is 1. The lowest BCUT2D eigenvalue weighted by atomic mass is 9.97.